The van der Waals surface area contributed by atoms with Gasteiger partial charge in [-0.05, 0) is 12.8 Å². The first kappa shape index (κ1) is 13.5. The topological polar surface area (TPSA) is 85.4 Å². The van der Waals surface area contributed by atoms with Gasteiger partial charge in [0.15, 0.2) is 0 Å². The largest absolute Gasteiger partial charge is 0.467 e. The average Bonchev–Trinajstić information content (AvgIpc) is 3.12. The summed E-state index contributed by atoms with van der Waals surface area (Å²) in [5.74, 6) is -1.36. The Morgan fingerprint density at radius 1 is 1.47 bits per heavy atom. The van der Waals surface area contributed by atoms with Crippen molar-refractivity contribution in [2.45, 2.75) is 24.5 Å². The molecule has 0 aromatic heterocycles. The number of hydrogen-bond acceptors (Lipinski definition) is 6. The van der Waals surface area contributed by atoms with Crippen LogP contribution in [0.25, 0.3) is 0 Å². The third kappa shape index (κ3) is 2.10. The first-order chi connectivity index (χ1) is 9.09. The first-order valence-electron chi connectivity index (χ1n) is 5.88. The van der Waals surface area contributed by atoms with E-state index in [9.17, 15) is 14.4 Å². The second-order valence-corrected chi connectivity index (χ2v) is 4.35. The van der Waals surface area contributed by atoms with Gasteiger partial charge in [0.05, 0.1) is 19.8 Å². The maximum Gasteiger partial charge on any atom is 0.345 e. The number of epoxide rings is 1. The van der Waals surface area contributed by atoms with Crippen molar-refractivity contribution in [1.29, 1.82) is 0 Å². The molecule has 2 rings (SSSR count). The number of carbonyl (C=O) groups excluding carboxylic acids is 3. The summed E-state index contributed by atoms with van der Waals surface area (Å²) in [5, 5.41) is 0. The lowest BCUT2D eigenvalue weighted by Crippen LogP contribution is -2.38. The molecule has 0 saturated carbocycles. The fourth-order valence-electron chi connectivity index (χ4n) is 2.31. The molecule has 0 aliphatic carbocycles. The highest BCUT2D eigenvalue weighted by atomic mass is 16.7. The first-order valence-corrected chi connectivity index (χ1v) is 5.88. The molecule has 0 N–H and O–H groups in total. The smallest absolute Gasteiger partial charge is 0.345 e. The minimum absolute atomic E-state index is 0.00125. The third-order valence-corrected chi connectivity index (χ3v) is 3.33. The summed E-state index contributed by atoms with van der Waals surface area (Å²) in [4.78, 5) is 36.0. The molecule has 1 fully saturated rings. The van der Waals surface area contributed by atoms with E-state index in [0.717, 1.165) is 0 Å². The average molecular weight is 269 g/mol. The molecule has 2 aliphatic rings. The molecule has 2 unspecified atom stereocenters. The number of fused-ring (bicyclic) bond motifs is 1. The zero-order valence-electron chi connectivity index (χ0n) is 10.8. The summed E-state index contributed by atoms with van der Waals surface area (Å²) in [5.41, 5.74) is -1.43. The van der Waals surface area contributed by atoms with E-state index in [2.05, 4.69) is 4.74 Å². The summed E-state index contributed by atoms with van der Waals surface area (Å²) < 4.78 is 14.8. The van der Waals surface area contributed by atoms with Gasteiger partial charge in [-0.25, -0.2) is 9.59 Å². The van der Waals surface area contributed by atoms with Crippen LogP contribution < -0.4 is 0 Å². The Balaban J connectivity index is 2.44. The predicted molar refractivity (Wildman–Crippen MR) is 61.7 cm³/mol. The summed E-state index contributed by atoms with van der Waals surface area (Å²) in [6, 6.07) is 0. The van der Waals surface area contributed by atoms with E-state index in [1.54, 1.807) is 0 Å². The Morgan fingerprint density at radius 2 is 2.21 bits per heavy atom. The molecular weight excluding hydrogens is 254 g/mol. The fraction of sp³-hybridized carbons (Fsp3) is 0.583. The molecule has 2 aliphatic heterocycles. The van der Waals surface area contributed by atoms with Gasteiger partial charge in [-0.1, -0.05) is 0 Å². The zero-order chi connectivity index (χ0) is 14.0. The number of methoxy groups -OCH3 is 2. The Labute approximate surface area is 110 Å². The molecule has 1 amide bonds. The van der Waals surface area contributed by atoms with Crippen molar-refractivity contribution in [1.82, 2.24) is 4.90 Å². The lowest BCUT2D eigenvalue weighted by atomic mass is 9.92. The molecular formula is C12H15NO6. The molecule has 0 aromatic carbocycles. The number of rotatable bonds is 3. The molecule has 2 heterocycles. The third-order valence-electron chi connectivity index (χ3n) is 3.33. The number of ether oxygens (including phenoxy) is 3. The number of hydrogen-bond donors (Lipinski definition) is 0. The zero-order valence-corrected chi connectivity index (χ0v) is 10.8. The Bertz CT molecular complexity index is 446. The SMILES string of the molecule is COC(=O)/C1=C/N(C=O)CCCC2OC12C(=O)OC. The highest BCUT2D eigenvalue weighted by Crippen LogP contribution is 2.47. The van der Waals surface area contributed by atoms with Crippen LogP contribution in [-0.4, -0.2) is 55.7 Å². The quantitative estimate of drug-likeness (QED) is 0.394. The molecule has 1 saturated heterocycles. The van der Waals surface area contributed by atoms with Gasteiger partial charge in [-0.3, -0.25) is 4.79 Å². The van der Waals surface area contributed by atoms with Crippen molar-refractivity contribution >= 4 is 18.3 Å². The standard InChI is InChI=1S/C12H15NO6/c1-17-10(15)8-6-13(7-14)5-3-4-9-12(8,19-9)11(16)18-2/h6-7,9H,3-5H2,1-2H3/b8-6-. The molecule has 0 aromatic rings. The van der Waals surface area contributed by atoms with Crippen molar-refractivity contribution in [3.63, 3.8) is 0 Å². The van der Waals surface area contributed by atoms with Crippen LogP contribution in [0.15, 0.2) is 11.8 Å². The van der Waals surface area contributed by atoms with Crippen LogP contribution in [0.2, 0.25) is 0 Å². The van der Waals surface area contributed by atoms with E-state index in [1.165, 1.54) is 25.3 Å². The highest BCUT2D eigenvalue weighted by Gasteiger charge is 2.68. The van der Waals surface area contributed by atoms with Crippen molar-refractivity contribution < 1.29 is 28.6 Å². The Hall–Kier alpha value is -1.89. The summed E-state index contributed by atoms with van der Waals surface area (Å²) in [6.07, 6.45) is 2.73. The second-order valence-electron chi connectivity index (χ2n) is 4.35. The van der Waals surface area contributed by atoms with E-state index in [-0.39, 0.29) is 5.57 Å². The van der Waals surface area contributed by atoms with E-state index >= 15 is 0 Å². The second kappa shape index (κ2) is 5.00. The van der Waals surface area contributed by atoms with Crippen LogP contribution in [0, 0.1) is 0 Å². The molecule has 0 radical (unpaired) electrons. The van der Waals surface area contributed by atoms with Gasteiger partial charge in [0.2, 0.25) is 12.0 Å². The molecule has 19 heavy (non-hydrogen) atoms. The Kier molecular flexibility index (Phi) is 3.57. The van der Waals surface area contributed by atoms with Gasteiger partial charge in [0.25, 0.3) is 0 Å². The lowest BCUT2D eigenvalue weighted by Gasteiger charge is -2.20. The molecule has 0 spiro atoms. The van der Waals surface area contributed by atoms with Gasteiger partial charge in [0.1, 0.15) is 6.10 Å². The summed E-state index contributed by atoms with van der Waals surface area (Å²) in [7, 11) is 2.43. The lowest BCUT2D eigenvalue weighted by molar-refractivity contribution is -0.148. The van der Waals surface area contributed by atoms with Crippen LogP contribution in [0.1, 0.15) is 12.8 Å². The molecule has 7 nitrogen and oxygen atoms in total. The number of amides is 1. The Morgan fingerprint density at radius 3 is 2.79 bits per heavy atom. The van der Waals surface area contributed by atoms with Gasteiger partial charge in [0, 0.05) is 12.7 Å². The predicted octanol–water partition coefficient (Wildman–Crippen LogP) is -0.394. The van der Waals surface area contributed by atoms with Crippen molar-refractivity contribution in [2.24, 2.45) is 0 Å². The van der Waals surface area contributed by atoms with Crippen LogP contribution in [0.5, 0.6) is 0 Å². The van der Waals surface area contributed by atoms with E-state index in [0.29, 0.717) is 25.8 Å². The van der Waals surface area contributed by atoms with Crippen LogP contribution in [-0.2, 0) is 28.6 Å². The van der Waals surface area contributed by atoms with Gasteiger partial charge < -0.3 is 19.1 Å². The van der Waals surface area contributed by atoms with Crippen molar-refractivity contribution in [2.75, 3.05) is 20.8 Å². The maximum absolute atomic E-state index is 11.9. The molecule has 7 heteroatoms. The van der Waals surface area contributed by atoms with E-state index in [4.69, 9.17) is 9.47 Å². The van der Waals surface area contributed by atoms with Crippen LogP contribution >= 0.6 is 0 Å². The molecule has 0 bridgehead atoms. The highest BCUT2D eigenvalue weighted by molar-refractivity contribution is 6.02. The number of nitrogens with zero attached hydrogens (tertiary/aromatic N) is 1. The van der Waals surface area contributed by atoms with Gasteiger partial charge in [-0.15, -0.1) is 0 Å². The number of esters is 2. The van der Waals surface area contributed by atoms with E-state index in [1.807, 2.05) is 0 Å². The van der Waals surface area contributed by atoms with Gasteiger partial charge in [-0.2, -0.15) is 0 Å². The van der Waals surface area contributed by atoms with Crippen molar-refractivity contribution in [3.8, 4) is 0 Å². The van der Waals surface area contributed by atoms with Crippen LogP contribution in [0.3, 0.4) is 0 Å². The minimum Gasteiger partial charge on any atom is -0.467 e. The van der Waals surface area contributed by atoms with Gasteiger partial charge >= 0.3 is 11.9 Å². The van der Waals surface area contributed by atoms with E-state index < -0.39 is 23.6 Å². The number of carbonyl (C=O) groups is 3. The van der Waals surface area contributed by atoms with Crippen LogP contribution in [0.4, 0.5) is 0 Å². The summed E-state index contributed by atoms with van der Waals surface area (Å²) in [6.45, 7) is 0.459. The van der Waals surface area contributed by atoms with Crippen molar-refractivity contribution in [3.05, 3.63) is 11.8 Å². The summed E-state index contributed by atoms with van der Waals surface area (Å²) >= 11 is 0. The normalized spacial score (nSPS) is 32.0. The maximum atomic E-state index is 11.9. The monoisotopic (exact) mass is 269 g/mol. The molecule has 2 atom stereocenters. The fourth-order valence-corrected chi connectivity index (χ4v) is 2.31. The minimum atomic E-state index is -1.43. The molecule has 104 valence electrons.